The van der Waals surface area contributed by atoms with Gasteiger partial charge in [0.25, 0.3) is 0 Å². The molecule has 3 heteroatoms. The summed E-state index contributed by atoms with van der Waals surface area (Å²) in [5, 5.41) is 1.07. The molecule has 0 saturated heterocycles. The Morgan fingerprint density at radius 3 is 2.35 bits per heavy atom. The monoisotopic (exact) mass is 263 g/mol. The highest BCUT2D eigenvalue weighted by Crippen LogP contribution is 2.35. The van der Waals surface area contributed by atoms with E-state index in [1.54, 1.807) is 0 Å². The molecule has 2 heterocycles. The second-order valence-electron chi connectivity index (χ2n) is 4.78. The van der Waals surface area contributed by atoms with Gasteiger partial charge in [-0.2, -0.15) is 0 Å². The molecule has 1 aliphatic rings. The van der Waals surface area contributed by atoms with Crippen LogP contribution in [-0.2, 0) is 0 Å². The Hall–Kier alpha value is -2.55. The highest BCUT2D eigenvalue weighted by molar-refractivity contribution is 5.86. The summed E-state index contributed by atoms with van der Waals surface area (Å²) in [7, 11) is 0. The predicted octanol–water partition coefficient (Wildman–Crippen LogP) is 3.67. The third-order valence-corrected chi connectivity index (χ3v) is 3.45. The molecule has 0 aliphatic carbocycles. The van der Waals surface area contributed by atoms with Crippen LogP contribution in [0.1, 0.15) is 0 Å². The summed E-state index contributed by atoms with van der Waals surface area (Å²) >= 11 is 0. The van der Waals surface area contributed by atoms with E-state index >= 15 is 0 Å². The predicted molar refractivity (Wildman–Crippen MR) is 78.2 cm³/mol. The van der Waals surface area contributed by atoms with Crippen LogP contribution in [0.3, 0.4) is 0 Å². The van der Waals surface area contributed by atoms with E-state index in [-0.39, 0.29) is 0 Å². The molecule has 0 fully saturated rings. The molecule has 0 atom stereocenters. The minimum Gasteiger partial charge on any atom is -0.486 e. The number of ether oxygens (including phenoxy) is 2. The summed E-state index contributed by atoms with van der Waals surface area (Å²) in [4.78, 5) is 4.53. The first-order chi connectivity index (χ1) is 9.90. The number of hydrogen-bond donors (Lipinski definition) is 0. The van der Waals surface area contributed by atoms with Crippen molar-refractivity contribution in [3.63, 3.8) is 0 Å². The van der Waals surface area contributed by atoms with Gasteiger partial charge in [-0.1, -0.05) is 30.3 Å². The number of nitrogens with zero attached hydrogens (tertiary/aromatic N) is 1. The Balaban J connectivity index is 1.87. The van der Waals surface area contributed by atoms with Gasteiger partial charge in [0.05, 0.1) is 5.52 Å². The molecule has 2 aromatic carbocycles. The van der Waals surface area contributed by atoms with Crippen LogP contribution in [-0.4, -0.2) is 18.2 Å². The topological polar surface area (TPSA) is 31.4 Å². The summed E-state index contributed by atoms with van der Waals surface area (Å²) in [6, 6.07) is 16.3. The lowest BCUT2D eigenvalue weighted by Crippen LogP contribution is -2.15. The van der Waals surface area contributed by atoms with Gasteiger partial charge < -0.3 is 9.47 Å². The summed E-state index contributed by atoms with van der Waals surface area (Å²) in [6.07, 6.45) is 1.90. The Kier molecular flexibility index (Phi) is 2.56. The zero-order valence-electron chi connectivity index (χ0n) is 10.9. The van der Waals surface area contributed by atoms with Crippen LogP contribution in [0.25, 0.3) is 22.0 Å². The first kappa shape index (κ1) is 11.3. The summed E-state index contributed by atoms with van der Waals surface area (Å²) in [5.41, 5.74) is 3.19. The van der Waals surface area contributed by atoms with E-state index in [1.807, 2.05) is 36.5 Å². The smallest absolute Gasteiger partial charge is 0.163 e. The Bertz CT molecular complexity index is 769. The molecule has 0 unspecified atom stereocenters. The van der Waals surface area contributed by atoms with E-state index in [9.17, 15) is 0 Å². The Morgan fingerprint density at radius 1 is 0.800 bits per heavy atom. The molecule has 98 valence electrons. The van der Waals surface area contributed by atoms with E-state index in [4.69, 9.17) is 9.47 Å². The summed E-state index contributed by atoms with van der Waals surface area (Å²) in [6.45, 7) is 1.20. The molecule has 0 bridgehead atoms. The van der Waals surface area contributed by atoms with Gasteiger partial charge in [0, 0.05) is 23.2 Å². The van der Waals surface area contributed by atoms with Gasteiger partial charge in [-0.15, -0.1) is 0 Å². The lowest BCUT2D eigenvalue weighted by atomic mass is 10.1. The molecule has 3 nitrogen and oxygen atoms in total. The third-order valence-electron chi connectivity index (χ3n) is 3.45. The largest absolute Gasteiger partial charge is 0.486 e. The first-order valence-electron chi connectivity index (χ1n) is 6.65. The fourth-order valence-electron chi connectivity index (χ4n) is 2.45. The standard InChI is InChI=1S/C17H13NO2/c1-2-4-12(5-3-1)14-8-13-9-16-17(20-7-6-19-16)10-15(13)18-11-14/h1-5,8-11H,6-7H2. The van der Waals surface area contributed by atoms with E-state index < -0.39 is 0 Å². The van der Waals surface area contributed by atoms with Crippen molar-refractivity contribution in [2.45, 2.75) is 0 Å². The van der Waals surface area contributed by atoms with Crippen LogP contribution in [0.2, 0.25) is 0 Å². The summed E-state index contributed by atoms with van der Waals surface area (Å²) < 4.78 is 11.2. The lowest BCUT2D eigenvalue weighted by molar-refractivity contribution is 0.172. The zero-order chi connectivity index (χ0) is 13.4. The fraction of sp³-hybridized carbons (Fsp3) is 0.118. The number of benzene rings is 2. The molecule has 0 N–H and O–H groups in total. The number of fused-ring (bicyclic) bond motifs is 2. The zero-order valence-corrected chi connectivity index (χ0v) is 10.9. The molecular weight excluding hydrogens is 250 g/mol. The molecule has 0 radical (unpaired) electrons. The number of rotatable bonds is 1. The van der Waals surface area contributed by atoms with E-state index in [2.05, 4.69) is 23.2 Å². The molecular formula is C17H13NO2. The third kappa shape index (κ3) is 1.88. The van der Waals surface area contributed by atoms with Crippen molar-refractivity contribution >= 4 is 10.9 Å². The Labute approximate surface area is 116 Å². The van der Waals surface area contributed by atoms with Gasteiger partial charge in [-0.05, 0) is 17.7 Å². The van der Waals surface area contributed by atoms with Crippen LogP contribution in [0.4, 0.5) is 0 Å². The SMILES string of the molecule is c1ccc(-c2cnc3cc4c(cc3c2)OCCO4)cc1. The van der Waals surface area contributed by atoms with Crippen LogP contribution in [0.15, 0.2) is 54.7 Å². The molecule has 3 aromatic rings. The second-order valence-corrected chi connectivity index (χ2v) is 4.78. The molecule has 0 saturated carbocycles. The molecule has 20 heavy (non-hydrogen) atoms. The van der Waals surface area contributed by atoms with Gasteiger partial charge in [0.2, 0.25) is 0 Å². The molecule has 0 spiro atoms. The summed E-state index contributed by atoms with van der Waals surface area (Å²) in [5.74, 6) is 1.58. The van der Waals surface area contributed by atoms with E-state index in [1.165, 1.54) is 0 Å². The number of hydrogen-bond acceptors (Lipinski definition) is 3. The minimum absolute atomic E-state index is 0.598. The number of pyridine rings is 1. The van der Waals surface area contributed by atoms with Crippen molar-refractivity contribution < 1.29 is 9.47 Å². The van der Waals surface area contributed by atoms with Crippen molar-refractivity contribution in [2.75, 3.05) is 13.2 Å². The van der Waals surface area contributed by atoms with E-state index in [0.717, 1.165) is 33.5 Å². The quantitative estimate of drug-likeness (QED) is 0.671. The van der Waals surface area contributed by atoms with Gasteiger partial charge in [0.1, 0.15) is 13.2 Å². The van der Waals surface area contributed by atoms with Gasteiger partial charge in [-0.3, -0.25) is 4.98 Å². The average Bonchev–Trinajstić information content (AvgIpc) is 2.53. The maximum absolute atomic E-state index is 5.62. The Morgan fingerprint density at radius 2 is 1.55 bits per heavy atom. The first-order valence-corrected chi connectivity index (χ1v) is 6.65. The van der Waals surface area contributed by atoms with Crippen molar-refractivity contribution in [1.29, 1.82) is 0 Å². The maximum Gasteiger partial charge on any atom is 0.163 e. The lowest BCUT2D eigenvalue weighted by Gasteiger charge is -2.18. The fourth-order valence-corrected chi connectivity index (χ4v) is 2.45. The molecule has 4 rings (SSSR count). The van der Waals surface area contributed by atoms with E-state index in [0.29, 0.717) is 13.2 Å². The molecule has 1 aliphatic heterocycles. The maximum atomic E-state index is 5.62. The van der Waals surface area contributed by atoms with Crippen molar-refractivity contribution in [2.24, 2.45) is 0 Å². The average molecular weight is 263 g/mol. The van der Waals surface area contributed by atoms with Crippen molar-refractivity contribution in [3.05, 3.63) is 54.7 Å². The van der Waals surface area contributed by atoms with Crippen LogP contribution >= 0.6 is 0 Å². The van der Waals surface area contributed by atoms with Crippen LogP contribution < -0.4 is 9.47 Å². The molecule has 0 amide bonds. The highest BCUT2D eigenvalue weighted by atomic mass is 16.6. The van der Waals surface area contributed by atoms with Gasteiger partial charge in [-0.25, -0.2) is 0 Å². The highest BCUT2D eigenvalue weighted by Gasteiger charge is 2.13. The second kappa shape index (κ2) is 4.53. The van der Waals surface area contributed by atoms with Gasteiger partial charge in [0.15, 0.2) is 11.5 Å². The number of aromatic nitrogens is 1. The van der Waals surface area contributed by atoms with Crippen molar-refractivity contribution in [3.8, 4) is 22.6 Å². The van der Waals surface area contributed by atoms with Crippen LogP contribution in [0, 0.1) is 0 Å². The van der Waals surface area contributed by atoms with Crippen LogP contribution in [0.5, 0.6) is 11.5 Å². The minimum atomic E-state index is 0.598. The van der Waals surface area contributed by atoms with Gasteiger partial charge >= 0.3 is 0 Å². The normalized spacial score (nSPS) is 13.4. The van der Waals surface area contributed by atoms with Crippen molar-refractivity contribution in [1.82, 2.24) is 4.98 Å². The molecule has 1 aromatic heterocycles.